The maximum Gasteiger partial charge on any atom is 0.267 e. The zero-order chi connectivity index (χ0) is 16.7. The summed E-state index contributed by atoms with van der Waals surface area (Å²) in [5.74, 6) is 0.966. The Balaban J connectivity index is 2.00. The minimum absolute atomic E-state index is 0.132. The lowest BCUT2D eigenvalue weighted by atomic mass is 10.0. The van der Waals surface area contributed by atoms with Crippen molar-refractivity contribution >= 4 is 11.6 Å². The van der Waals surface area contributed by atoms with Crippen LogP contribution in [-0.2, 0) is 4.79 Å². The monoisotopic (exact) mass is 313 g/mol. The molecular formula is C18H23N3O2. The first-order chi connectivity index (χ1) is 11.1. The molecule has 0 spiro atoms. The van der Waals surface area contributed by atoms with Gasteiger partial charge in [0.15, 0.2) is 0 Å². The topological polar surface area (TPSA) is 65.4 Å². The second-order valence-electron chi connectivity index (χ2n) is 5.81. The number of carbonyl (C=O) groups excluding carboxylic acids is 1. The van der Waals surface area contributed by atoms with Crippen molar-refractivity contribution in [3.8, 4) is 11.8 Å². The van der Waals surface area contributed by atoms with E-state index in [9.17, 15) is 10.1 Å². The summed E-state index contributed by atoms with van der Waals surface area (Å²) in [5.41, 5.74) is 0.777. The molecule has 5 nitrogen and oxygen atoms in total. The molecule has 1 aromatic rings. The summed E-state index contributed by atoms with van der Waals surface area (Å²) in [6.07, 6.45) is 3.97. The molecular weight excluding hydrogens is 290 g/mol. The second kappa shape index (κ2) is 8.23. The molecule has 0 radical (unpaired) electrons. The van der Waals surface area contributed by atoms with Gasteiger partial charge in [0.05, 0.1) is 6.61 Å². The Morgan fingerprint density at radius 1 is 1.48 bits per heavy atom. The number of rotatable bonds is 5. The number of nitrogens with zero attached hydrogens (tertiary/aromatic N) is 2. The molecule has 1 aliphatic rings. The second-order valence-corrected chi connectivity index (χ2v) is 5.81. The van der Waals surface area contributed by atoms with Crippen LogP contribution in [0.3, 0.4) is 0 Å². The predicted molar refractivity (Wildman–Crippen MR) is 89.9 cm³/mol. The normalized spacial score (nSPS) is 18.2. The highest BCUT2D eigenvalue weighted by atomic mass is 16.5. The van der Waals surface area contributed by atoms with Gasteiger partial charge in [0, 0.05) is 25.0 Å². The summed E-state index contributed by atoms with van der Waals surface area (Å²) < 4.78 is 5.36. The van der Waals surface area contributed by atoms with Crippen LogP contribution in [-0.4, -0.2) is 30.5 Å². The van der Waals surface area contributed by atoms with Gasteiger partial charge in [-0.25, -0.2) is 0 Å². The van der Waals surface area contributed by atoms with Gasteiger partial charge in [-0.15, -0.1) is 0 Å². The van der Waals surface area contributed by atoms with E-state index in [0.717, 1.165) is 25.3 Å². The van der Waals surface area contributed by atoms with Gasteiger partial charge in [-0.05, 0) is 49.9 Å². The number of hydrogen-bond acceptors (Lipinski definition) is 4. The zero-order valence-electron chi connectivity index (χ0n) is 13.7. The lowest BCUT2D eigenvalue weighted by molar-refractivity contribution is -0.112. The summed E-state index contributed by atoms with van der Waals surface area (Å²) in [7, 11) is 0. The summed E-state index contributed by atoms with van der Waals surface area (Å²) in [6.45, 7) is 6.49. The number of nitrogens with one attached hydrogen (secondary N) is 1. The third kappa shape index (κ3) is 5.03. The van der Waals surface area contributed by atoms with Gasteiger partial charge in [0.1, 0.15) is 17.4 Å². The van der Waals surface area contributed by atoms with Crippen LogP contribution in [0.4, 0.5) is 5.69 Å². The van der Waals surface area contributed by atoms with Crippen LogP contribution in [0.15, 0.2) is 36.0 Å². The molecule has 1 amide bonds. The maximum atomic E-state index is 12.2. The lowest BCUT2D eigenvalue weighted by Crippen LogP contribution is -2.31. The van der Waals surface area contributed by atoms with Gasteiger partial charge in [-0.3, -0.25) is 4.79 Å². The van der Waals surface area contributed by atoms with Crippen LogP contribution in [0.25, 0.3) is 0 Å². The van der Waals surface area contributed by atoms with Crippen molar-refractivity contribution in [3.05, 3.63) is 36.0 Å². The number of amides is 1. The molecule has 122 valence electrons. The van der Waals surface area contributed by atoms with Gasteiger partial charge in [0.2, 0.25) is 0 Å². The molecule has 1 atom stereocenters. The molecule has 1 aromatic carbocycles. The molecule has 0 aromatic heterocycles. The molecule has 5 heteroatoms. The Hall–Kier alpha value is -2.48. The average Bonchev–Trinajstić information content (AvgIpc) is 2.54. The molecule has 1 N–H and O–H groups in total. The van der Waals surface area contributed by atoms with E-state index in [0.29, 0.717) is 18.2 Å². The van der Waals surface area contributed by atoms with E-state index in [-0.39, 0.29) is 11.5 Å². The van der Waals surface area contributed by atoms with Gasteiger partial charge in [-0.2, -0.15) is 5.26 Å². The molecule has 23 heavy (non-hydrogen) atoms. The molecule has 2 rings (SSSR count). The van der Waals surface area contributed by atoms with Crippen LogP contribution in [0.5, 0.6) is 5.75 Å². The van der Waals surface area contributed by atoms with Crippen molar-refractivity contribution < 1.29 is 9.53 Å². The number of likely N-dealkylation sites (tertiary alicyclic amines) is 1. The van der Waals surface area contributed by atoms with Crippen molar-refractivity contribution in [1.82, 2.24) is 4.90 Å². The molecule has 0 saturated carbocycles. The Morgan fingerprint density at radius 3 is 2.83 bits per heavy atom. The zero-order valence-corrected chi connectivity index (χ0v) is 13.7. The van der Waals surface area contributed by atoms with E-state index in [1.165, 1.54) is 6.42 Å². The summed E-state index contributed by atoms with van der Waals surface area (Å²) in [5, 5.41) is 12.0. The third-order valence-corrected chi connectivity index (χ3v) is 3.79. The molecule has 1 unspecified atom stereocenters. The Kier molecular flexibility index (Phi) is 6.04. The van der Waals surface area contributed by atoms with Crippen LogP contribution < -0.4 is 10.1 Å². The minimum atomic E-state index is -0.380. The van der Waals surface area contributed by atoms with Crippen LogP contribution >= 0.6 is 0 Å². The fourth-order valence-corrected chi connectivity index (χ4v) is 2.66. The molecule has 1 heterocycles. The highest BCUT2D eigenvalue weighted by Gasteiger charge is 2.17. The van der Waals surface area contributed by atoms with Crippen molar-refractivity contribution in [1.29, 1.82) is 5.26 Å². The Morgan fingerprint density at radius 2 is 2.22 bits per heavy atom. The number of benzene rings is 1. The van der Waals surface area contributed by atoms with E-state index < -0.39 is 0 Å². The molecule has 1 fully saturated rings. The van der Waals surface area contributed by atoms with Gasteiger partial charge in [0.25, 0.3) is 5.91 Å². The number of ether oxygens (including phenoxy) is 1. The molecule has 1 saturated heterocycles. The van der Waals surface area contributed by atoms with Gasteiger partial charge >= 0.3 is 0 Å². The Bertz CT molecular complexity index is 602. The SMILES string of the molecule is CCOc1ccc(NC(=O)/C(C#N)=C\N2CCCC(C)C2)cc1. The van der Waals surface area contributed by atoms with E-state index in [4.69, 9.17) is 4.74 Å². The van der Waals surface area contributed by atoms with E-state index >= 15 is 0 Å². The van der Waals surface area contributed by atoms with E-state index in [1.807, 2.05) is 13.0 Å². The fourth-order valence-electron chi connectivity index (χ4n) is 2.66. The van der Waals surface area contributed by atoms with Crippen LogP contribution in [0.2, 0.25) is 0 Å². The highest BCUT2D eigenvalue weighted by Crippen LogP contribution is 2.18. The number of piperidine rings is 1. The number of carbonyl (C=O) groups is 1. The fraction of sp³-hybridized carbons (Fsp3) is 0.444. The summed E-state index contributed by atoms with van der Waals surface area (Å²) in [4.78, 5) is 14.3. The first kappa shape index (κ1) is 16.9. The largest absolute Gasteiger partial charge is 0.494 e. The maximum absolute atomic E-state index is 12.2. The van der Waals surface area contributed by atoms with Gasteiger partial charge in [-0.1, -0.05) is 6.92 Å². The van der Waals surface area contributed by atoms with Crippen LogP contribution in [0.1, 0.15) is 26.7 Å². The number of anilines is 1. The number of nitriles is 1. The van der Waals surface area contributed by atoms with Crippen molar-refractivity contribution in [2.24, 2.45) is 5.92 Å². The smallest absolute Gasteiger partial charge is 0.267 e. The minimum Gasteiger partial charge on any atom is -0.494 e. The average molecular weight is 313 g/mol. The summed E-state index contributed by atoms with van der Waals surface area (Å²) >= 11 is 0. The van der Waals surface area contributed by atoms with E-state index in [1.54, 1.807) is 30.5 Å². The summed E-state index contributed by atoms with van der Waals surface area (Å²) in [6, 6.07) is 9.11. The quantitative estimate of drug-likeness (QED) is 0.670. The highest BCUT2D eigenvalue weighted by molar-refractivity contribution is 6.06. The van der Waals surface area contributed by atoms with Crippen molar-refractivity contribution in [2.75, 3.05) is 25.0 Å². The predicted octanol–water partition coefficient (Wildman–Crippen LogP) is 3.16. The van der Waals surface area contributed by atoms with Gasteiger partial charge < -0.3 is 15.0 Å². The number of hydrogen-bond donors (Lipinski definition) is 1. The third-order valence-electron chi connectivity index (χ3n) is 3.79. The molecule has 1 aliphatic heterocycles. The molecule has 0 aliphatic carbocycles. The standard InChI is InChI=1S/C18H23N3O2/c1-3-23-17-8-6-16(7-9-17)20-18(22)15(11-19)13-21-10-4-5-14(2)12-21/h6-9,13-14H,3-5,10,12H2,1-2H3,(H,20,22)/b15-13-. The molecule has 0 bridgehead atoms. The lowest BCUT2D eigenvalue weighted by Gasteiger charge is -2.29. The van der Waals surface area contributed by atoms with E-state index in [2.05, 4.69) is 17.1 Å². The first-order valence-electron chi connectivity index (χ1n) is 8.02. The Labute approximate surface area is 137 Å². The first-order valence-corrected chi connectivity index (χ1v) is 8.02. The van der Waals surface area contributed by atoms with Crippen molar-refractivity contribution in [2.45, 2.75) is 26.7 Å². The van der Waals surface area contributed by atoms with Crippen molar-refractivity contribution in [3.63, 3.8) is 0 Å². The van der Waals surface area contributed by atoms with Crippen LogP contribution in [0, 0.1) is 17.2 Å².